The molecule has 1 amide bonds. The van der Waals surface area contributed by atoms with Gasteiger partial charge in [0.05, 0.1) is 0 Å². The minimum Gasteiger partial charge on any atom is -0.356 e. The summed E-state index contributed by atoms with van der Waals surface area (Å²) < 4.78 is 0. The van der Waals surface area contributed by atoms with E-state index in [0.717, 1.165) is 19.4 Å². The Hall–Kier alpha value is -1.42. The number of aromatic nitrogens is 1. The van der Waals surface area contributed by atoms with Crippen molar-refractivity contribution in [2.24, 2.45) is 0 Å². The zero-order valence-electron chi connectivity index (χ0n) is 10.1. The summed E-state index contributed by atoms with van der Waals surface area (Å²) in [5, 5.41) is 6.42. The maximum Gasteiger partial charge on any atom is 0.221 e. The van der Waals surface area contributed by atoms with Gasteiger partial charge in [0.1, 0.15) is 0 Å². The normalized spacial score (nSPS) is 22.6. The first-order chi connectivity index (χ1) is 8.25. The molecular formula is C13H19N3O. The molecule has 0 bridgehead atoms. The van der Waals surface area contributed by atoms with Gasteiger partial charge in [0, 0.05) is 37.4 Å². The average Bonchev–Trinajstić information content (AvgIpc) is 2.55. The van der Waals surface area contributed by atoms with E-state index in [-0.39, 0.29) is 18.0 Å². The number of pyridine rings is 1. The second-order valence-corrected chi connectivity index (χ2v) is 4.56. The molecule has 1 aliphatic rings. The van der Waals surface area contributed by atoms with Crippen molar-refractivity contribution in [3.63, 3.8) is 0 Å². The summed E-state index contributed by atoms with van der Waals surface area (Å²) in [5.74, 6) is 0.155. The van der Waals surface area contributed by atoms with Crippen LogP contribution in [0.25, 0.3) is 0 Å². The Morgan fingerprint density at radius 1 is 1.47 bits per heavy atom. The molecule has 2 unspecified atom stereocenters. The standard InChI is InChI=1S/C13H19N3O/c1-10(11-4-7-14-8-5-11)16-12-3-2-6-15-13(17)9-12/h4-5,7-8,10,12,16H,2-3,6,9H2,1H3,(H,15,17). The first-order valence-electron chi connectivity index (χ1n) is 6.18. The number of rotatable bonds is 3. The highest BCUT2D eigenvalue weighted by molar-refractivity contribution is 5.76. The smallest absolute Gasteiger partial charge is 0.221 e. The monoisotopic (exact) mass is 233 g/mol. The SMILES string of the molecule is CC(NC1CCCNC(=O)C1)c1ccncc1. The number of carbonyl (C=O) groups excluding carboxylic acids is 1. The van der Waals surface area contributed by atoms with E-state index in [2.05, 4.69) is 22.5 Å². The number of hydrogen-bond donors (Lipinski definition) is 2. The zero-order chi connectivity index (χ0) is 12.1. The molecular weight excluding hydrogens is 214 g/mol. The third-order valence-corrected chi connectivity index (χ3v) is 3.18. The predicted molar refractivity (Wildman–Crippen MR) is 66.4 cm³/mol. The van der Waals surface area contributed by atoms with E-state index >= 15 is 0 Å². The average molecular weight is 233 g/mol. The van der Waals surface area contributed by atoms with Gasteiger partial charge in [0.2, 0.25) is 5.91 Å². The fraction of sp³-hybridized carbons (Fsp3) is 0.538. The molecule has 1 aromatic heterocycles. The highest BCUT2D eigenvalue weighted by Crippen LogP contribution is 2.15. The molecule has 0 aliphatic carbocycles. The third kappa shape index (κ3) is 3.53. The molecule has 0 aromatic carbocycles. The zero-order valence-corrected chi connectivity index (χ0v) is 10.1. The molecule has 0 spiro atoms. The van der Waals surface area contributed by atoms with Crippen molar-refractivity contribution in [1.82, 2.24) is 15.6 Å². The van der Waals surface area contributed by atoms with Crippen LogP contribution in [0.5, 0.6) is 0 Å². The second-order valence-electron chi connectivity index (χ2n) is 4.56. The largest absolute Gasteiger partial charge is 0.356 e. The van der Waals surface area contributed by atoms with Crippen LogP contribution < -0.4 is 10.6 Å². The number of hydrogen-bond acceptors (Lipinski definition) is 3. The van der Waals surface area contributed by atoms with Crippen molar-refractivity contribution < 1.29 is 4.79 Å². The Morgan fingerprint density at radius 3 is 3.00 bits per heavy atom. The predicted octanol–water partition coefficient (Wildman–Crippen LogP) is 1.40. The van der Waals surface area contributed by atoms with Gasteiger partial charge in [0.15, 0.2) is 0 Å². The quantitative estimate of drug-likeness (QED) is 0.829. The summed E-state index contributed by atoms with van der Waals surface area (Å²) in [5.41, 5.74) is 1.21. The molecule has 2 N–H and O–H groups in total. The lowest BCUT2D eigenvalue weighted by molar-refractivity contribution is -0.121. The van der Waals surface area contributed by atoms with Crippen LogP contribution in [-0.4, -0.2) is 23.5 Å². The molecule has 4 heteroatoms. The molecule has 1 fully saturated rings. The van der Waals surface area contributed by atoms with Crippen LogP contribution in [0.3, 0.4) is 0 Å². The Bertz CT molecular complexity index is 366. The molecule has 17 heavy (non-hydrogen) atoms. The van der Waals surface area contributed by atoms with Gasteiger partial charge in [-0.15, -0.1) is 0 Å². The number of nitrogens with one attached hydrogen (secondary N) is 2. The van der Waals surface area contributed by atoms with Crippen molar-refractivity contribution in [1.29, 1.82) is 0 Å². The molecule has 1 aliphatic heterocycles. The summed E-state index contributed by atoms with van der Waals surface area (Å²) in [6.45, 7) is 2.93. The topological polar surface area (TPSA) is 54.0 Å². The maximum absolute atomic E-state index is 11.5. The molecule has 2 atom stereocenters. The van der Waals surface area contributed by atoms with Crippen LogP contribution >= 0.6 is 0 Å². The van der Waals surface area contributed by atoms with E-state index in [1.807, 2.05) is 12.1 Å². The molecule has 0 radical (unpaired) electrons. The number of carbonyl (C=O) groups is 1. The molecule has 4 nitrogen and oxygen atoms in total. The summed E-state index contributed by atoms with van der Waals surface area (Å²) in [6.07, 6.45) is 6.27. The lowest BCUT2D eigenvalue weighted by Crippen LogP contribution is -2.34. The number of amides is 1. The van der Waals surface area contributed by atoms with E-state index in [9.17, 15) is 4.79 Å². The Balaban J connectivity index is 1.93. The molecule has 2 rings (SSSR count). The minimum atomic E-state index is 0.155. The summed E-state index contributed by atoms with van der Waals surface area (Å²) in [6, 6.07) is 4.55. The van der Waals surface area contributed by atoms with Crippen molar-refractivity contribution in [3.05, 3.63) is 30.1 Å². The lowest BCUT2D eigenvalue weighted by Gasteiger charge is -2.21. The van der Waals surface area contributed by atoms with Gasteiger partial charge in [-0.05, 0) is 37.5 Å². The maximum atomic E-state index is 11.5. The Labute approximate surface area is 102 Å². The summed E-state index contributed by atoms with van der Waals surface area (Å²) in [4.78, 5) is 15.5. The van der Waals surface area contributed by atoms with Crippen LogP contribution in [0.4, 0.5) is 0 Å². The Morgan fingerprint density at radius 2 is 2.24 bits per heavy atom. The van der Waals surface area contributed by atoms with Crippen molar-refractivity contribution in [2.45, 2.75) is 38.3 Å². The molecule has 0 saturated carbocycles. The first kappa shape index (κ1) is 12.0. The van der Waals surface area contributed by atoms with Gasteiger partial charge in [-0.2, -0.15) is 0 Å². The van der Waals surface area contributed by atoms with Gasteiger partial charge in [-0.25, -0.2) is 0 Å². The van der Waals surface area contributed by atoms with E-state index in [1.165, 1.54) is 5.56 Å². The van der Waals surface area contributed by atoms with Crippen molar-refractivity contribution >= 4 is 5.91 Å². The fourth-order valence-electron chi connectivity index (χ4n) is 2.22. The second kappa shape index (κ2) is 5.77. The molecule has 92 valence electrons. The van der Waals surface area contributed by atoms with Crippen LogP contribution in [0, 0.1) is 0 Å². The fourth-order valence-corrected chi connectivity index (χ4v) is 2.22. The van der Waals surface area contributed by atoms with Crippen LogP contribution in [0.1, 0.15) is 37.8 Å². The third-order valence-electron chi connectivity index (χ3n) is 3.18. The molecule has 1 saturated heterocycles. The summed E-state index contributed by atoms with van der Waals surface area (Å²) >= 11 is 0. The van der Waals surface area contributed by atoms with Gasteiger partial charge < -0.3 is 10.6 Å². The van der Waals surface area contributed by atoms with Gasteiger partial charge in [0.25, 0.3) is 0 Å². The first-order valence-corrected chi connectivity index (χ1v) is 6.18. The van der Waals surface area contributed by atoms with Gasteiger partial charge >= 0.3 is 0 Å². The number of nitrogens with zero attached hydrogens (tertiary/aromatic N) is 1. The minimum absolute atomic E-state index is 0.155. The summed E-state index contributed by atoms with van der Waals surface area (Å²) in [7, 11) is 0. The van der Waals surface area contributed by atoms with Crippen molar-refractivity contribution in [3.8, 4) is 0 Å². The van der Waals surface area contributed by atoms with E-state index in [1.54, 1.807) is 12.4 Å². The molecule has 1 aromatic rings. The highest BCUT2D eigenvalue weighted by atomic mass is 16.1. The van der Waals surface area contributed by atoms with Gasteiger partial charge in [-0.1, -0.05) is 0 Å². The van der Waals surface area contributed by atoms with E-state index in [4.69, 9.17) is 0 Å². The van der Waals surface area contributed by atoms with E-state index in [0.29, 0.717) is 6.42 Å². The lowest BCUT2D eigenvalue weighted by atomic mass is 10.1. The van der Waals surface area contributed by atoms with Crippen LogP contribution in [0.2, 0.25) is 0 Å². The molecule has 2 heterocycles. The van der Waals surface area contributed by atoms with E-state index < -0.39 is 0 Å². The highest BCUT2D eigenvalue weighted by Gasteiger charge is 2.19. The Kier molecular flexibility index (Phi) is 4.09. The van der Waals surface area contributed by atoms with Crippen molar-refractivity contribution in [2.75, 3.05) is 6.54 Å². The van der Waals surface area contributed by atoms with Gasteiger partial charge in [-0.3, -0.25) is 9.78 Å². The van der Waals surface area contributed by atoms with Crippen LogP contribution in [-0.2, 0) is 4.79 Å². The van der Waals surface area contributed by atoms with Crippen LogP contribution in [0.15, 0.2) is 24.5 Å².